The summed E-state index contributed by atoms with van der Waals surface area (Å²) in [6, 6.07) is 20.8. The fourth-order valence-corrected chi connectivity index (χ4v) is 5.26. The summed E-state index contributed by atoms with van der Waals surface area (Å²) in [5, 5.41) is 0. The molecule has 1 aromatic heterocycles. The van der Waals surface area contributed by atoms with Crippen LogP contribution in [0.15, 0.2) is 60.7 Å². The summed E-state index contributed by atoms with van der Waals surface area (Å²) in [4.78, 5) is 23.0. The van der Waals surface area contributed by atoms with Gasteiger partial charge in [-0.15, -0.1) is 0 Å². The third kappa shape index (κ3) is 4.85. The normalized spacial score (nSPS) is 16.8. The van der Waals surface area contributed by atoms with Gasteiger partial charge in [0.1, 0.15) is 5.75 Å². The van der Waals surface area contributed by atoms with Crippen molar-refractivity contribution in [2.75, 3.05) is 26.7 Å². The Hall–Kier alpha value is -3.18. The fraction of sp³-hybridized carbons (Fsp3) is 0.379. The zero-order chi connectivity index (χ0) is 23.5. The van der Waals surface area contributed by atoms with Crippen molar-refractivity contribution in [2.45, 2.75) is 45.2 Å². The molecule has 0 N–H and O–H groups in total. The molecule has 3 aromatic rings. The third-order valence-corrected chi connectivity index (χ3v) is 7.25. The van der Waals surface area contributed by atoms with E-state index in [1.165, 1.54) is 16.7 Å². The lowest BCUT2D eigenvalue weighted by molar-refractivity contribution is 0.0731. The highest BCUT2D eigenvalue weighted by Gasteiger charge is 2.29. The van der Waals surface area contributed by atoms with E-state index in [4.69, 9.17) is 9.72 Å². The maximum Gasteiger partial charge on any atom is 0.256 e. The number of piperidine rings is 1. The molecular weight excluding hydrogens is 422 g/mol. The molecule has 1 amide bonds. The molecule has 0 radical (unpaired) electrons. The Morgan fingerprint density at radius 1 is 0.971 bits per heavy atom. The summed E-state index contributed by atoms with van der Waals surface area (Å²) in [5.41, 5.74) is 6.69. The van der Waals surface area contributed by atoms with Gasteiger partial charge < -0.3 is 9.64 Å². The van der Waals surface area contributed by atoms with Crippen LogP contribution in [0.25, 0.3) is 0 Å². The Labute approximate surface area is 202 Å². The average molecular weight is 456 g/mol. The number of rotatable bonds is 5. The molecule has 0 spiro atoms. The minimum atomic E-state index is 0.123. The van der Waals surface area contributed by atoms with Crippen LogP contribution in [0.5, 0.6) is 5.75 Å². The molecule has 5 nitrogen and oxygen atoms in total. The van der Waals surface area contributed by atoms with Crippen LogP contribution in [-0.4, -0.2) is 47.4 Å². The minimum absolute atomic E-state index is 0.123. The number of pyridine rings is 1. The number of hydrogen-bond acceptors (Lipinski definition) is 4. The first kappa shape index (κ1) is 22.6. The van der Waals surface area contributed by atoms with Crippen molar-refractivity contribution in [1.29, 1.82) is 0 Å². The highest BCUT2D eigenvalue weighted by atomic mass is 16.5. The first-order valence-corrected chi connectivity index (χ1v) is 12.3. The van der Waals surface area contributed by atoms with Gasteiger partial charge in [-0.05, 0) is 80.2 Å². The number of aromatic nitrogens is 1. The van der Waals surface area contributed by atoms with Gasteiger partial charge in [0.15, 0.2) is 0 Å². The van der Waals surface area contributed by atoms with Crippen LogP contribution < -0.4 is 4.74 Å². The molecule has 0 atom stereocenters. The molecule has 5 rings (SSSR count). The first-order valence-electron chi connectivity index (χ1n) is 12.3. The topological polar surface area (TPSA) is 45.7 Å². The van der Waals surface area contributed by atoms with Gasteiger partial charge in [-0.2, -0.15) is 0 Å². The summed E-state index contributed by atoms with van der Waals surface area (Å²) < 4.78 is 5.27. The van der Waals surface area contributed by atoms with Gasteiger partial charge in [0.2, 0.25) is 0 Å². The minimum Gasteiger partial charge on any atom is -0.497 e. The van der Waals surface area contributed by atoms with Crippen LogP contribution >= 0.6 is 0 Å². The van der Waals surface area contributed by atoms with E-state index in [1.54, 1.807) is 7.11 Å². The standard InChI is InChI=1S/C29H33N3O2/c1-21-7-12-27(29(33)32-18-15-23-5-3-4-6-25(23)20-32)28(30-21)24-13-16-31(17-14-24)19-22-8-10-26(34-2)11-9-22/h3-12,24H,13-20H2,1-2H3. The number of likely N-dealkylation sites (tertiary alicyclic amines) is 1. The van der Waals surface area contributed by atoms with Gasteiger partial charge in [-0.3, -0.25) is 14.7 Å². The Bertz CT molecular complexity index is 1150. The van der Waals surface area contributed by atoms with E-state index in [1.807, 2.05) is 36.1 Å². The number of carbonyl (C=O) groups excluding carboxylic acids is 1. The Kier molecular flexibility index (Phi) is 6.63. The molecule has 3 heterocycles. The van der Waals surface area contributed by atoms with Gasteiger partial charge in [0.25, 0.3) is 5.91 Å². The number of carbonyl (C=O) groups is 1. The molecular formula is C29H33N3O2. The molecule has 0 aliphatic carbocycles. The summed E-state index contributed by atoms with van der Waals surface area (Å²) in [6.45, 7) is 6.44. The zero-order valence-electron chi connectivity index (χ0n) is 20.2. The van der Waals surface area contributed by atoms with Crippen molar-refractivity contribution in [2.24, 2.45) is 0 Å². The van der Waals surface area contributed by atoms with E-state index in [-0.39, 0.29) is 5.91 Å². The summed E-state index contributed by atoms with van der Waals surface area (Å²) >= 11 is 0. The molecule has 5 heteroatoms. The lowest BCUT2D eigenvalue weighted by atomic mass is 9.89. The highest BCUT2D eigenvalue weighted by Crippen LogP contribution is 2.31. The maximum atomic E-state index is 13.6. The SMILES string of the molecule is COc1ccc(CN2CCC(c3nc(C)ccc3C(=O)N3CCc4ccccc4C3)CC2)cc1. The molecule has 2 aliphatic rings. The quantitative estimate of drug-likeness (QED) is 0.545. The number of aryl methyl sites for hydroxylation is 1. The van der Waals surface area contributed by atoms with E-state index < -0.39 is 0 Å². The first-order chi connectivity index (χ1) is 16.6. The van der Waals surface area contributed by atoms with Crippen molar-refractivity contribution >= 4 is 5.91 Å². The van der Waals surface area contributed by atoms with Gasteiger partial charge in [-0.25, -0.2) is 0 Å². The van der Waals surface area contributed by atoms with Gasteiger partial charge in [-0.1, -0.05) is 36.4 Å². The van der Waals surface area contributed by atoms with E-state index in [9.17, 15) is 4.79 Å². The molecule has 2 aliphatic heterocycles. The van der Waals surface area contributed by atoms with Crippen LogP contribution in [-0.2, 0) is 19.5 Å². The second-order valence-electron chi connectivity index (χ2n) is 9.53. The van der Waals surface area contributed by atoms with Crippen molar-refractivity contribution in [1.82, 2.24) is 14.8 Å². The van der Waals surface area contributed by atoms with Gasteiger partial charge in [0.05, 0.1) is 18.4 Å². The largest absolute Gasteiger partial charge is 0.497 e. The predicted octanol–water partition coefficient (Wildman–Crippen LogP) is 4.98. The lowest BCUT2D eigenvalue weighted by Crippen LogP contribution is -2.37. The van der Waals surface area contributed by atoms with Crippen molar-refractivity contribution in [3.8, 4) is 5.75 Å². The molecule has 176 valence electrons. The predicted molar refractivity (Wildman–Crippen MR) is 134 cm³/mol. The number of fused-ring (bicyclic) bond motifs is 1. The van der Waals surface area contributed by atoms with Crippen LogP contribution in [0.3, 0.4) is 0 Å². The summed E-state index contributed by atoms with van der Waals surface area (Å²) in [5.74, 6) is 1.34. The zero-order valence-corrected chi connectivity index (χ0v) is 20.2. The number of benzene rings is 2. The van der Waals surface area contributed by atoms with Crippen LogP contribution in [0.2, 0.25) is 0 Å². The number of ether oxygens (including phenoxy) is 1. The second-order valence-corrected chi connectivity index (χ2v) is 9.53. The maximum absolute atomic E-state index is 13.6. The van der Waals surface area contributed by atoms with Gasteiger partial charge >= 0.3 is 0 Å². The van der Waals surface area contributed by atoms with E-state index in [2.05, 4.69) is 41.3 Å². The molecule has 0 saturated carbocycles. The van der Waals surface area contributed by atoms with E-state index in [0.717, 1.165) is 68.1 Å². The fourth-order valence-electron chi connectivity index (χ4n) is 5.26. The molecule has 1 saturated heterocycles. The molecule has 1 fully saturated rings. The van der Waals surface area contributed by atoms with Crippen LogP contribution in [0.4, 0.5) is 0 Å². The monoisotopic (exact) mass is 455 g/mol. The molecule has 0 unspecified atom stereocenters. The second kappa shape index (κ2) is 9.98. The van der Waals surface area contributed by atoms with Crippen molar-refractivity contribution in [3.05, 3.63) is 94.3 Å². The van der Waals surface area contributed by atoms with E-state index >= 15 is 0 Å². The molecule has 0 bridgehead atoms. The van der Waals surface area contributed by atoms with Gasteiger partial charge in [0, 0.05) is 31.2 Å². The van der Waals surface area contributed by atoms with Crippen molar-refractivity contribution < 1.29 is 9.53 Å². The number of nitrogens with zero attached hydrogens (tertiary/aromatic N) is 3. The molecule has 34 heavy (non-hydrogen) atoms. The number of methoxy groups -OCH3 is 1. The smallest absolute Gasteiger partial charge is 0.256 e. The number of hydrogen-bond donors (Lipinski definition) is 0. The van der Waals surface area contributed by atoms with Crippen LogP contribution in [0, 0.1) is 6.92 Å². The Balaban J connectivity index is 1.27. The Morgan fingerprint density at radius 2 is 1.71 bits per heavy atom. The summed E-state index contributed by atoms with van der Waals surface area (Å²) in [7, 11) is 1.70. The van der Waals surface area contributed by atoms with E-state index in [0.29, 0.717) is 12.5 Å². The third-order valence-electron chi connectivity index (χ3n) is 7.25. The lowest BCUT2D eigenvalue weighted by Gasteiger charge is -2.33. The highest BCUT2D eigenvalue weighted by molar-refractivity contribution is 5.95. The average Bonchev–Trinajstić information content (AvgIpc) is 2.89. The Morgan fingerprint density at radius 3 is 2.44 bits per heavy atom. The number of amides is 1. The van der Waals surface area contributed by atoms with Crippen LogP contribution in [0.1, 0.15) is 57.2 Å². The van der Waals surface area contributed by atoms with Crippen molar-refractivity contribution in [3.63, 3.8) is 0 Å². The summed E-state index contributed by atoms with van der Waals surface area (Å²) in [6.07, 6.45) is 2.96. The molecule has 2 aromatic carbocycles.